The third kappa shape index (κ3) is 6.50. The van der Waals surface area contributed by atoms with Crippen molar-refractivity contribution in [2.45, 2.75) is 39.2 Å². The largest absolute Gasteiger partial charge is 0.497 e. The molecule has 0 aromatic heterocycles. The minimum Gasteiger partial charge on any atom is -0.497 e. The average molecular weight is 321 g/mol. The molecule has 0 saturated heterocycles. The molecule has 0 fully saturated rings. The van der Waals surface area contributed by atoms with Crippen LogP contribution in [-0.2, 0) is 9.59 Å². The molecular formula is C17H23NO5. The number of aliphatic carboxylic acids is 1. The number of ketones is 1. The van der Waals surface area contributed by atoms with Crippen LogP contribution in [0.3, 0.4) is 0 Å². The molecule has 23 heavy (non-hydrogen) atoms. The number of methoxy groups -OCH3 is 1. The van der Waals surface area contributed by atoms with Crippen LogP contribution in [0, 0.1) is 5.92 Å². The maximum absolute atomic E-state index is 12.0. The van der Waals surface area contributed by atoms with Crippen LogP contribution in [-0.4, -0.2) is 35.9 Å². The Morgan fingerprint density at radius 1 is 1.13 bits per heavy atom. The summed E-state index contributed by atoms with van der Waals surface area (Å²) >= 11 is 0. The van der Waals surface area contributed by atoms with Crippen molar-refractivity contribution in [1.29, 1.82) is 0 Å². The molecule has 1 aromatic carbocycles. The maximum atomic E-state index is 12.0. The first-order valence-corrected chi connectivity index (χ1v) is 7.53. The summed E-state index contributed by atoms with van der Waals surface area (Å²) in [5.41, 5.74) is 0.496. The van der Waals surface area contributed by atoms with Crippen molar-refractivity contribution in [3.63, 3.8) is 0 Å². The van der Waals surface area contributed by atoms with Gasteiger partial charge in [-0.25, -0.2) is 4.79 Å². The summed E-state index contributed by atoms with van der Waals surface area (Å²) in [4.78, 5) is 34.9. The van der Waals surface area contributed by atoms with Gasteiger partial charge in [-0.15, -0.1) is 0 Å². The highest BCUT2D eigenvalue weighted by atomic mass is 16.5. The van der Waals surface area contributed by atoms with Gasteiger partial charge in [-0.1, -0.05) is 13.8 Å². The van der Waals surface area contributed by atoms with E-state index in [2.05, 4.69) is 5.32 Å². The second-order valence-electron chi connectivity index (χ2n) is 5.74. The van der Waals surface area contributed by atoms with Crippen LogP contribution in [0.1, 0.15) is 43.5 Å². The molecule has 1 amide bonds. The van der Waals surface area contributed by atoms with Gasteiger partial charge in [0, 0.05) is 18.4 Å². The molecule has 0 aliphatic rings. The molecule has 1 atom stereocenters. The van der Waals surface area contributed by atoms with Crippen molar-refractivity contribution in [3.05, 3.63) is 29.8 Å². The Kier molecular flexibility index (Phi) is 7.25. The summed E-state index contributed by atoms with van der Waals surface area (Å²) in [5, 5.41) is 11.5. The molecule has 0 radical (unpaired) electrons. The van der Waals surface area contributed by atoms with Gasteiger partial charge < -0.3 is 15.2 Å². The molecule has 126 valence electrons. The summed E-state index contributed by atoms with van der Waals surface area (Å²) in [6.07, 6.45) is 0.354. The lowest BCUT2D eigenvalue weighted by Gasteiger charge is -2.16. The van der Waals surface area contributed by atoms with E-state index in [4.69, 9.17) is 9.84 Å². The molecule has 1 aromatic rings. The predicted molar refractivity (Wildman–Crippen MR) is 85.6 cm³/mol. The highest BCUT2D eigenvalue weighted by molar-refractivity contribution is 5.98. The molecule has 0 unspecified atom stereocenters. The van der Waals surface area contributed by atoms with E-state index in [1.165, 1.54) is 7.11 Å². The molecular weight excluding hydrogens is 298 g/mol. The summed E-state index contributed by atoms with van der Waals surface area (Å²) in [6, 6.07) is 5.71. The number of carbonyl (C=O) groups is 3. The number of carboxylic acids is 1. The summed E-state index contributed by atoms with van der Waals surface area (Å²) in [5.74, 6) is -0.860. The van der Waals surface area contributed by atoms with E-state index in [1.54, 1.807) is 24.3 Å². The topological polar surface area (TPSA) is 92.7 Å². The molecule has 0 bridgehead atoms. The second-order valence-corrected chi connectivity index (χ2v) is 5.74. The first-order chi connectivity index (χ1) is 10.8. The molecule has 6 heteroatoms. The van der Waals surface area contributed by atoms with Gasteiger partial charge in [0.1, 0.15) is 11.8 Å². The van der Waals surface area contributed by atoms with Crippen molar-refractivity contribution < 1.29 is 24.2 Å². The number of ether oxygens (including phenoxy) is 1. The first-order valence-electron chi connectivity index (χ1n) is 7.53. The lowest BCUT2D eigenvalue weighted by Crippen LogP contribution is -2.41. The Morgan fingerprint density at radius 3 is 2.22 bits per heavy atom. The standard InChI is InChI=1S/C17H23NO5/c1-11(2)10-14(17(21)22)18-16(20)9-8-15(19)12-4-6-13(23-3)7-5-12/h4-7,11,14H,8-10H2,1-3H3,(H,18,20)(H,21,22)/t14-/m0/s1. The van der Waals surface area contributed by atoms with Gasteiger partial charge in [-0.3, -0.25) is 9.59 Å². The number of carboxylic acid groups (broad SMARTS) is 1. The quantitative estimate of drug-likeness (QED) is 0.681. The van der Waals surface area contributed by atoms with Crippen LogP contribution in [0.25, 0.3) is 0 Å². The minimum atomic E-state index is -1.06. The van der Waals surface area contributed by atoms with Gasteiger partial charge in [0.15, 0.2) is 5.78 Å². The number of Topliss-reactive ketones (excluding diaryl/α,β-unsaturated/α-hetero) is 1. The molecule has 0 aliphatic carbocycles. The predicted octanol–water partition coefficient (Wildman–Crippen LogP) is 2.27. The lowest BCUT2D eigenvalue weighted by molar-refractivity contribution is -0.142. The van der Waals surface area contributed by atoms with Gasteiger partial charge in [-0.05, 0) is 36.6 Å². The summed E-state index contributed by atoms with van der Waals surface area (Å²) in [6.45, 7) is 3.77. The Hall–Kier alpha value is -2.37. The third-order valence-electron chi connectivity index (χ3n) is 3.33. The molecule has 0 heterocycles. The fourth-order valence-electron chi connectivity index (χ4n) is 2.11. The van der Waals surface area contributed by atoms with Crippen molar-refractivity contribution >= 4 is 17.7 Å². The van der Waals surface area contributed by atoms with Gasteiger partial charge in [0.25, 0.3) is 0 Å². The molecule has 0 spiro atoms. The average Bonchev–Trinajstić information content (AvgIpc) is 2.51. The molecule has 6 nitrogen and oxygen atoms in total. The number of rotatable bonds is 9. The van der Waals surface area contributed by atoms with Gasteiger partial charge in [0.05, 0.1) is 7.11 Å². The molecule has 2 N–H and O–H groups in total. The van der Waals surface area contributed by atoms with E-state index in [1.807, 2.05) is 13.8 Å². The van der Waals surface area contributed by atoms with Crippen molar-refractivity contribution in [3.8, 4) is 5.75 Å². The highest BCUT2D eigenvalue weighted by Gasteiger charge is 2.21. The maximum Gasteiger partial charge on any atom is 0.326 e. The van der Waals surface area contributed by atoms with E-state index >= 15 is 0 Å². The van der Waals surface area contributed by atoms with E-state index < -0.39 is 17.9 Å². The van der Waals surface area contributed by atoms with Crippen molar-refractivity contribution in [2.75, 3.05) is 7.11 Å². The van der Waals surface area contributed by atoms with E-state index in [0.29, 0.717) is 17.7 Å². The fraction of sp³-hybridized carbons (Fsp3) is 0.471. The fourth-order valence-corrected chi connectivity index (χ4v) is 2.11. The van der Waals surface area contributed by atoms with Crippen molar-refractivity contribution in [1.82, 2.24) is 5.32 Å². The number of benzene rings is 1. The third-order valence-corrected chi connectivity index (χ3v) is 3.33. The Labute approximate surface area is 135 Å². The van der Waals surface area contributed by atoms with Crippen LogP contribution >= 0.6 is 0 Å². The highest BCUT2D eigenvalue weighted by Crippen LogP contribution is 2.13. The molecule has 0 saturated carbocycles. The number of hydrogen-bond acceptors (Lipinski definition) is 4. The SMILES string of the molecule is COc1ccc(C(=O)CCC(=O)N[C@@H](CC(C)C)C(=O)O)cc1. The lowest BCUT2D eigenvalue weighted by atomic mass is 10.0. The van der Waals surface area contributed by atoms with Gasteiger partial charge in [-0.2, -0.15) is 0 Å². The Balaban J connectivity index is 2.50. The molecule has 1 rings (SSSR count). The summed E-state index contributed by atoms with van der Waals surface area (Å²) in [7, 11) is 1.54. The van der Waals surface area contributed by atoms with Gasteiger partial charge in [0.2, 0.25) is 5.91 Å². The minimum absolute atomic E-state index is 0.0339. The Morgan fingerprint density at radius 2 is 1.74 bits per heavy atom. The zero-order valence-corrected chi connectivity index (χ0v) is 13.7. The number of nitrogens with one attached hydrogen (secondary N) is 1. The van der Waals surface area contributed by atoms with Crippen LogP contribution < -0.4 is 10.1 Å². The zero-order valence-electron chi connectivity index (χ0n) is 13.7. The van der Waals surface area contributed by atoms with Crippen LogP contribution in [0.2, 0.25) is 0 Å². The number of carbonyl (C=O) groups excluding carboxylic acids is 2. The summed E-state index contributed by atoms with van der Waals surface area (Å²) < 4.78 is 5.01. The number of hydrogen-bond donors (Lipinski definition) is 2. The van der Waals surface area contributed by atoms with Crippen LogP contribution in [0.4, 0.5) is 0 Å². The monoisotopic (exact) mass is 321 g/mol. The van der Waals surface area contributed by atoms with Crippen molar-refractivity contribution in [2.24, 2.45) is 5.92 Å². The van der Waals surface area contributed by atoms with E-state index in [0.717, 1.165) is 0 Å². The Bertz CT molecular complexity index is 551. The normalized spacial score (nSPS) is 11.8. The van der Waals surface area contributed by atoms with Gasteiger partial charge >= 0.3 is 5.97 Å². The zero-order chi connectivity index (χ0) is 17.4. The van der Waals surface area contributed by atoms with Crippen LogP contribution in [0.5, 0.6) is 5.75 Å². The first kappa shape index (κ1) is 18.7. The van der Waals surface area contributed by atoms with Crippen LogP contribution in [0.15, 0.2) is 24.3 Å². The molecule has 0 aliphatic heterocycles. The number of amides is 1. The second kappa shape index (κ2) is 8.92. The van der Waals surface area contributed by atoms with E-state index in [9.17, 15) is 14.4 Å². The van der Waals surface area contributed by atoms with E-state index in [-0.39, 0.29) is 24.5 Å². The smallest absolute Gasteiger partial charge is 0.326 e.